The van der Waals surface area contributed by atoms with Crippen LogP contribution in [0.5, 0.6) is 0 Å². The van der Waals surface area contributed by atoms with Gasteiger partial charge < -0.3 is 5.73 Å². The minimum Gasteiger partial charge on any atom is -0.330 e. The first-order valence-corrected chi connectivity index (χ1v) is 7.25. The SMILES string of the molecule is CC(C)(C)CC1=CN=CC1.CC(C)CCCCN. The Morgan fingerprint density at radius 2 is 1.94 bits per heavy atom. The van der Waals surface area contributed by atoms with Crippen molar-refractivity contribution in [1.82, 2.24) is 0 Å². The zero-order chi connectivity index (χ0) is 14.0. The Morgan fingerprint density at radius 1 is 1.28 bits per heavy atom. The van der Waals surface area contributed by atoms with Gasteiger partial charge in [0, 0.05) is 18.8 Å². The second-order valence-corrected chi connectivity index (χ2v) is 6.74. The van der Waals surface area contributed by atoms with E-state index in [-0.39, 0.29) is 0 Å². The molecule has 0 aromatic heterocycles. The lowest BCUT2D eigenvalue weighted by atomic mass is 9.88. The topological polar surface area (TPSA) is 38.4 Å². The fourth-order valence-corrected chi connectivity index (χ4v) is 1.88. The molecular weight excluding hydrogens is 220 g/mol. The van der Waals surface area contributed by atoms with Gasteiger partial charge in [-0.15, -0.1) is 0 Å². The molecule has 2 heteroatoms. The maximum absolute atomic E-state index is 5.31. The predicted octanol–water partition coefficient (Wildman–Crippen LogP) is 4.55. The van der Waals surface area contributed by atoms with Gasteiger partial charge in [-0.25, -0.2) is 0 Å². The molecule has 0 radical (unpaired) electrons. The van der Waals surface area contributed by atoms with E-state index in [1.165, 1.54) is 31.3 Å². The molecule has 0 fully saturated rings. The lowest BCUT2D eigenvalue weighted by Gasteiger charge is -2.17. The first kappa shape index (κ1) is 17.4. The highest BCUT2D eigenvalue weighted by atomic mass is 14.7. The van der Waals surface area contributed by atoms with Crippen molar-refractivity contribution < 1.29 is 0 Å². The van der Waals surface area contributed by atoms with E-state index >= 15 is 0 Å². The number of nitrogens with two attached hydrogens (primary N) is 1. The number of allylic oxidation sites excluding steroid dienone is 1. The van der Waals surface area contributed by atoms with Crippen LogP contribution in [0.4, 0.5) is 0 Å². The van der Waals surface area contributed by atoms with Crippen molar-refractivity contribution in [2.45, 2.75) is 66.7 Å². The summed E-state index contributed by atoms with van der Waals surface area (Å²) in [5, 5.41) is 0. The molecule has 2 N–H and O–H groups in total. The van der Waals surface area contributed by atoms with Gasteiger partial charge in [0.2, 0.25) is 0 Å². The molecule has 1 aliphatic heterocycles. The molecule has 0 aromatic carbocycles. The van der Waals surface area contributed by atoms with Crippen LogP contribution in [0.1, 0.15) is 66.7 Å². The summed E-state index contributed by atoms with van der Waals surface area (Å²) in [4.78, 5) is 4.06. The van der Waals surface area contributed by atoms with Crippen molar-refractivity contribution >= 4 is 6.21 Å². The lowest BCUT2D eigenvalue weighted by Crippen LogP contribution is -2.05. The average Bonchev–Trinajstić information content (AvgIpc) is 2.68. The molecule has 0 spiro atoms. The standard InChI is InChI=1S/C9H15N.C7H17N/c1-9(2,3)6-8-4-5-10-7-8;1-7(2)5-3-4-6-8/h5,7H,4,6H2,1-3H3;7H,3-6,8H2,1-2H3. The van der Waals surface area contributed by atoms with Gasteiger partial charge in [-0.3, -0.25) is 4.99 Å². The first-order chi connectivity index (χ1) is 8.35. The zero-order valence-corrected chi connectivity index (χ0v) is 13.0. The molecule has 0 aromatic rings. The molecule has 0 aliphatic carbocycles. The Morgan fingerprint density at radius 3 is 2.33 bits per heavy atom. The smallest absolute Gasteiger partial charge is 0.0259 e. The van der Waals surface area contributed by atoms with Crippen molar-refractivity contribution in [2.24, 2.45) is 22.1 Å². The largest absolute Gasteiger partial charge is 0.330 e. The quantitative estimate of drug-likeness (QED) is 0.716. The third-order valence-electron chi connectivity index (χ3n) is 2.71. The Balaban J connectivity index is 0.000000331. The average molecular weight is 252 g/mol. The van der Waals surface area contributed by atoms with E-state index in [4.69, 9.17) is 5.73 Å². The van der Waals surface area contributed by atoms with E-state index < -0.39 is 0 Å². The van der Waals surface area contributed by atoms with Crippen LogP contribution in [-0.4, -0.2) is 12.8 Å². The van der Waals surface area contributed by atoms with Crippen molar-refractivity contribution in [2.75, 3.05) is 6.54 Å². The highest BCUT2D eigenvalue weighted by Crippen LogP contribution is 2.26. The fraction of sp³-hybridized carbons (Fsp3) is 0.812. The van der Waals surface area contributed by atoms with Crippen LogP contribution < -0.4 is 5.73 Å². The van der Waals surface area contributed by atoms with Gasteiger partial charge in [0.25, 0.3) is 0 Å². The minimum absolute atomic E-state index is 0.416. The normalized spacial score (nSPS) is 14.5. The van der Waals surface area contributed by atoms with E-state index in [1.54, 1.807) is 0 Å². The van der Waals surface area contributed by atoms with E-state index in [0.717, 1.165) is 18.9 Å². The number of nitrogens with zero attached hydrogens (tertiary/aromatic N) is 1. The van der Waals surface area contributed by atoms with Gasteiger partial charge in [0.1, 0.15) is 0 Å². The summed E-state index contributed by atoms with van der Waals surface area (Å²) in [7, 11) is 0. The van der Waals surface area contributed by atoms with Gasteiger partial charge in [-0.05, 0) is 36.3 Å². The van der Waals surface area contributed by atoms with Crippen molar-refractivity contribution in [3.05, 3.63) is 11.8 Å². The van der Waals surface area contributed by atoms with Crippen molar-refractivity contribution in [3.63, 3.8) is 0 Å². The highest BCUT2D eigenvalue weighted by Gasteiger charge is 2.13. The van der Waals surface area contributed by atoms with Crippen LogP contribution in [0.2, 0.25) is 0 Å². The van der Waals surface area contributed by atoms with Gasteiger partial charge >= 0.3 is 0 Å². The van der Waals surface area contributed by atoms with Gasteiger partial charge in [-0.1, -0.05) is 47.5 Å². The molecule has 0 saturated heterocycles. The maximum atomic E-state index is 5.31. The summed E-state index contributed by atoms with van der Waals surface area (Å²) in [6, 6.07) is 0. The van der Waals surface area contributed by atoms with E-state index in [2.05, 4.69) is 39.6 Å². The second kappa shape index (κ2) is 9.32. The molecule has 2 nitrogen and oxygen atoms in total. The van der Waals surface area contributed by atoms with Crippen molar-refractivity contribution in [3.8, 4) is 0 Å². The lowest BCUT2D eigenvalue weighted by molar-refractivity contribution is 0.408. The number of hydrogen-bond acceptors (Lipinski definition) is 2. The molecular formula is C16H32N2. The minimum atomic E-state index is 0.416. The summed E-state index contributed by atoms with van der Waals surface area (Å²) in [6.07, 6.45) is 10.0. The van der Waals surface area contributed by atoms with Crippen LogP contribution in [0.15, 0.2) is 16.8 Å². The molecule has 106 valence electrons. The molecule has 0 bridgehead atoms. The molecule has 1 rings (SSSR count). The molecule has 1 aliphatic rings. The summed E-state index contributed by atoms with van der Waals surface area (Å²) < 4.78 is 0. The Hall–Kier alpha value is -0.630. The Kier molecular flexibility index (Phi) is 8.99. The van der Waals surface area contributed by atoms with Crippen LogP contribution in [0.25, 0.3) is 0 Å². The molecule has 1 heterocycles. The summed E-state index contributed by atoms with van der Waals surface area (Å²) in [5.74, 6) is 0.849. The number of aliphatic imine (C=N–C) groups is 1. The predicted molar refractivity (Wildman–Crippen MR) is 83.0 cm³/mol. The highest BCUT2D eigenvalue weighted by molar-refractivity contribution is 5.65. The maximum Gasteiger partial charge on any atom is 0.0259 e. The number of unbranched alkanes of at least 4 members (excludes halogenated alkanes) is 1. The number of hydrogen-bond donors (Lipinski definition) is 1. The van der Waals surface area contributed by atoms with Gasteiger partial charge in [0.05, 0.1) is 0 Å². The second-order valence-electron chi connectivity index (χ2n) is 6.74. The van der Waals surface area contributed by atoms with E-state index in [0.29, 0.717) is 5.41 Å². The summed E-state index contributed by atoms with van der Waals surface area (Å²) in [5.41, 5.74) is 7.20. The van der Waals surface area contributed by atoms with E-state index in [9.17, 15) is 0 Å². The van der Waals surface area contributed by atoms with Crippen LogP contribution in [0, 0.1) is 11.3 Å². The third kappa shape index (κ3) is 11.8. The van der Waals surface area contributed by atoms with E-state index in [1.807, 2.05) is 12.4 Å². The molecule has 0 unspecified atom stereocenters. The Bertz CT molecular complexity index is 257. The molecule has 0 amide bonds. The zero-order valence-electron chi connectivity index (χ0n) is 13.0. The monoisotopic (exact) mass is 252 g/mol. The van der Waals surface area contributed by atoms with Crippen molar-refractivity contribution in [1.29, 1.82) is 0 Å². The molecule has 18 heavy (non-hydrogen) atoms. The first-order valence-electron chi connectivity index (χ1n) is 7.25. The Labute approximate surface area is 114 Å². The van der Waals surface area contributed by atoms with Gasteiger partial charge in [-0.2, -0.15) is 0 Å². The fourth-order valence-electron chi connectivity index (χ4n) is 1.88. The van der Waals surface area contributed by atoms with Gasteiger partial charge in [0.15, 0.2) is 0 Å². The molecule has 0 atom stereocenters. The number of rotatable bonds is 5. The van der Waals surface area contributed by atoms with Crippen LogP contribution >= 0.6 is 0 Å². The van der Waals surface area contributed by atoms with Crippen LogP contribution in [-0.2, 0) is 0 Å². The summed E-state index contributed by atoms with van der Waals surface area (Å²) in [6.45, 7) is 12.1. The van der Waals surface area contributed by atoms with Crippen LogP contribution in [0.3, 0.4) is 0 Å². The third-order valence-corrected chi connectivity index (χ3v) is 2.71. The summed E-state index contributed by atoms with van der Waals surface area (Å²) >= 11 is 0. The molecule has 0 saturated carbocycles.